The predicted octanol–water partition coefficient (Wildman–Crippen LogP) is 3.91. The number of anilines is 2. The summed E-state index contributed by atoms with van der Waals surface area (Å²) in [5.74, 6) is -2.42. The van der Waals surface area contributed by atoms with Crippen LogP contribution in [0.1, 0.15) is 75.1 Å². The fourth-order valence-corrected chi connectivity index (χ4v) is 8.08. The van der Waals surface area contributed by atoms with Crippen LogP contribution in [-0.2, 0) is 16.1 Å². The lowest BCUT2D eigenvalue weighted by atomic mass is 9.98. The molecule has 0 aliphatic carbocycles. The molecule has 0 saturated carbocycles. The van der Waals surface area contributed by atoms with Crippen LogP contribution in [0.4, 0.5) is 16.2 Å². The molecule has 2 saturated heterocycles. The minimum absolute atomic E-state index is 0.0688. The molecule has 3 aliphatic rings. The fraction of sp³-hybridized carbons (Fsp3) is 0.273. The van der Waals surface area contributed by atoms with Crippen LogP contribution in [0.2, 0.25) is 0 Å². The molecule has 0 spiro atoms. The summed E-state index contributed by atoms with van der Waals surface area (Å²) >= 11 is 0. The minimum atomic E-state index is -0.854. The summed E-state index contributed by atoms with van der Waals surface area (Å²) in [5, 5.41) is 34.2. The van der Waals surface area contributed by atoms with Crippen molar-refractivity contribution in [3.63, 3.8) is 0 Å². The van der Waals surface area contributed by atoms with Gasteiger partial charge >= 0.3 is 6.09 Å². The van der Waals surface area contributed by atoms with E-state index in [0.717, 1.165) is 5.69 Å². The van der Waals surface area contributed by atoms with Gasteiger partial charge in [0.1, 0.15) is 17.5 Å². The standard InChI is InChI=1S/C44H43N9O10/c1-23(2)28-20-29(34(55)21-33(28)54)39-48-49-40(38(45)57)53(39)25-9-7-24(8-10-25)42(59)51-17-15-50(16-18-51)26-11-13-35(36(19-26)62-3)63-44(61)46-31-6-4-5-27-30(31)22-52(43(27)60)32-12-14-37(56)47-41(32)58/h4-11,13,19-21,23,32,54-55H,12,14-18,22H2,1-3H3,(H2,45,57)(H,46,61)(H,47,56,58). The van der Waals surface area contributed by atoms with Crippen molar-refractivity contribution in [3.05, 3.63) is 101 Å². The van der Waals surface area contributed by atoms with Gasteiger partial charge in [-0.2, -0.15) is 0 Å². The van der Waals surface area contributed by atoms with Crippen LogP contribution in [0.5, 0.6) is 23.0 Å². The number of piperidine rings is 1. The summed E-state index contributed by atoms with van der Waals surface area (Å²) in [6.45, 7) is 5.60. The Bertz CT molecular complexity index is 2690. The Morgan fingerprint density at radius 1 is 0.873 bits per heavy atom. The normalized spacial score (nSPS) is 16.2. The fourth-order valence-electron chi connectivity index (χ4n) is 8.08. The van der Waals surface area contributed by atoms with Crippen LogP contribution < -0.4 is 30.7 Å². The summed E-state index contributed by atoms with van der Waals surface area (Å²) in [6, 6.07) is 18.5. The molecule has 3 aliphatic heterocycles. The third kappa shape index (κ3) is 8.03. The van der Waals surface area contributed by atoms with Crippen LogP contribution in [0, 0.1) is 0 Å². The number of aromatic nitrogens is 3. The number of carbonyl (C=O) groups excluding carboxylic acids is 6. The van der Waals surface area contributed by atoms with Crippen LogP contribution >= 0.6 is 0 Å². The van der Waals surface area contributed by atoms with Gasteiger partial charge in [-0.25, -0.2) is 4.79 Å². The molecule has 324 valence electrons. The van der Waals surface area contributed by atoms with Crippen molar-refractivity contribution in [2.45, 2.75) is 45.2 Å². The number of hydrogen-bond acceptors (Lipinski definition) is 13. The number of nitrogens with zero attached hydrogens (tertiary/aromatic N) is 6. The van der Waals surface area contributed by atoms with Crippen molar-refractivity contribution in [3.8, 4) is 40.1 Å². The maximum atomic E-state index is 13.7. The van der Waals surface area contributed by atoms with Crippen LogP contribution in [0.25, 0.3) is 17.1 Å². The number of ether oxygens (including phenoxy) is 2. The molecular weight excluding hydrogens is 815 g/mol. The van der Waals surface area contributed by atoms with Gasteiger partial charge in [0, 0.05) is 85.0 Å². The predicted molar refractivity (Wildman–Crippen MR) is 226 cm³/mol. The first-order valence-electron chi connectivity index (χ1n) is 20.1. The summed E-state index contributed by atoms with van der Waals surface area (Å²) in [7, 11) is 1.45. The number of fused-ring (bicyclic) bond motifs is 1. The van der Waals surface area contributed by atoms with Gasteiger partial charge in [-0.1, -0.05) is 19.9 Å². The van der Waals surface area contributed by atoms with E-state index < -0.39 is 23.9 Å². The van der Waals surface area contributed by atoms with E-state index >= 15 is 0 Å². The van der Waals surface area contributed by atoms with Gasteiger partial charge in [0.05, 0.1) is 12.7 Å². The summed E-state index contributed by atoms with van der Waals surface area (Å²) in [5.41, 5.74) is 9.23. The van der Waals surface area contributed by atoms with Gasteiger partial charge in [-0.3, -0.25) is 39.2 Å². The van der Waals surface area contributed by atoms with E-state index in [2.05, 4.69) is 25.7 Å². The number of nitrogens with one attached hydrogen (secondary N) is 2. The number of imide groups is 1. The van der Waals surface area contributed by atoms with Gasteiger partial charge in [-0.15, -0.1) is 10.2 Å². The Morgan fingerprint density at radius 3 is 2.29 bits per heavy atom. The van der Waals surface area contributed by atoms with Crippen LogP contribution in [0.15, 0.2) is 72.8 Å². The molecule has 19 nitrogen and oxygen atoms in total. The number of phenols is 2. The Morgan fingerprint density at radius 2 is 1.60 bits per heavy atom. The molecule has 19 heteroatoms. The highest BCUT2D eigenvalue weighted by molar-refractivity contribution is 6.06. The third-order valence-electron chi connectivity index (χ3n) is 11.4. The number of methoxy groups -OCH3 is 1. The first-order chi connectivity index (χ1) is 30.2. The van der Waals surface area contributed by atoms with Crippen molar-refractivity contribution < 1.29 is 48.5 Å². The second kappa shape index (κ2) is 16.8. The SMILES string of the molecule is COc1cc(N2CCN(C(=O)c3ccc(-n4c(C(N)=O)nnc4-c4cc(C(C)C)c(O)cc4O)cc3)CC2)ccc1OC(=O)Nc1cccc2c1CN(C1CCC(=O)NC1=O)C2=O. The van der Waals surface area contributed by atoms with Crippen molar-refractivity contribution >= 4 is 47.0 Å². The minimum Gasteiger partial charge on any atom is -0.508 e. The molecule has 4 heterocycles. The van der Waals surface area contributed by atoms with E-state index in [-0.39, 0.29) is 83.2 Å². The maximum Gasteiger partial charge on any atom is 0.417 e. The molecular formula is C44H43N9O10. The number of nitrogens with two attached hydrogens (primary N) is 1. The Balaban J connectivity index is 0.903. The van der Waals surface area contributed by atoms with E-state index in [9.17, 15) is 39.0 Å². The average molecular weight is 858 g/mol. The monoisotopic (exact) mass is 857 g/mol. The van der Waals surface area contributed by atoms with E-state index in [1.807, 2.05) is 13.8 Å². The number of benzene rings is 4. The third-order valence-corrected chi connectivity index (χ3v) is 11.4. The molecule has 0 radical (unpaired) electrons. The number of amides is 6. The second-order valence-corrected chi connectivity index (χ2v) is 15.5. The van der Waals surface area contributed by atoms with E-state index in [4.69, 9.17) is 15.2 Å². The van der Waals surface area contributed by atoms with Crippen molar-refractivity contribution in [2.24, 2.45) is 5.73 Å². The topological polar surface area (TPSA) is 252 Å². The van der Waals surface area contributed by atoms with Gasteiger partial charge < -0.3 is 40.1 Å². The lowest BCUT2D eigenvalue weighted by Crippen LogP contribution is -2.52. The highest BCUT2D eigenvalue weighted by atomic mass is 16.6. The first kappa shape index (κ1) is 41.8. The average Bonchev–Trinajstić information content (AvgIpc) is 3.86. The lowest BCUT2D eigenvalue weighted by Gasteiger charge is -2.36. The van der Waals surface area contributed by atoms with Gasteiger partial charge in [-0.05, 0) is 72.5 Å². The van der Waals surface area contributed by atoms with Crippen LogP contribution in [0.3, 0.4) is 0 Å². The van der Waals surface area contributed by atoms with Crippen molar-refractivity contribution in [2.75, 3.05) is 43.5 Å². The summed E-state index contributed by atoms with van der Waals surface area (Å²) < 4.78 is 12.6. The Labute approximate surface area is 360 Å². The summed E-state index contributed by atoms with van der Waals surface area (Å²) in [6.07, 6.45) is -0.494. The number of aromatic hydroxyl groups is 2. The number of primary amides is 1. The first-order valence-corrected chi connectivity index (χ1v) is 20.1. The number of phenolic OH excluding ortho intramolecular Hbond substituents is 2. The van der Waals surface area contributed by atoms with Crippen molar-refractivity contribution in [1.82, 2.24) is 29.9 Å². The second-order valence-electron chi connectivity index (χ2n) is 15.5. The quantitative estimate of drug-likeness (QED) is 0.125. The van der Waals surface area contributed by atoms with Crippen molar-refractivity contribution in [1.29, 1.82) is 0 Å². The van der Waals surface area contributed by atoms with E-state index in [1.165, 1.54) is 22.6 Å². The molecule has 0 bridgehead atoms. The van der Waals surface area contributed by atoms with Gasteiger partial charge in [0.25, 0.3) is 17.7 Å². The smallest absolute Gasteiger partial charge is 0.417 e. The molecule has 6 N–H and O–H groups in total. The van der Waals surface area contributed by atoms with E-state index in [1.54, 1.807) is 71.6 Å². The number of piperazine rings is 1. The molecule has 5 aromatic rings. The van der Waals surface area contributed by atoms with Crippen LogP contribution in [-0.4, -0.2) is 110 Å². The molecule has 1 unspecified atom stereocenters. The highest BCUT2D eigenvalue weighted by Crippen LogP contribution is 2.39. The Hall–Kier alpha value is -7.96. The molecule has 1 atom stereocenters. The number of rotatable bonds is 10. The highest BCUT2D eigenvalue weighted by Gasteiger charge is 2.40. The molecule has 6 amide bonds. The molecule has 2 fully saturated rings. The summed E-state index contributed by atoms with van der Waals surface area (Å²) in [4.78, 5) is 81.8. The maximum absolute atomic E-state index is 13.7. The molecule has 1 aromatic heterocycles. The van der Waals surface area contributed by atoms with Gasteiger partial charge in [0.2, 0.25) is 17.6 Å². The number of carbonyl (C=O) groups is 6. The molecule has 4 aromatic carbocycles. The zero-order valence-electron chi connectivity index (χ0n) is 34.5. The number of hydrogen-bond donors (Lipinski definition) is 5. The Kier molecular flexibility index (Phi) is 11.2. The van der Waals surface area contributed by atoms with E-state index in [0.29, 0.717) is 59.8 Å². The zero-order valence-corrected chi connectivity index (χ0v) is 34.5. The lowest BCUT2D eigenvalue weighted by molar-refractivity contribution is -0.136. The largest absolute Gasteiger partial charge is 0.508 e. The zero-order chi connectivity index (χ0) is 44.7. The van der Waals surface area contributed by atoms with Gasteiger partial charge in [0.15, 0.2) is 17.3 Å². The molecule has 63 heavy (non-hydrogen) atoms. The molecule has 8 rings (SSSR count).